The van der Waals surface area contributed by atoms with Crippen molar-refractivity contribution >= 4 is 37.9 Å². The Hall–Kier alpha value is -1.60. The van der Waals surface area contributed by atoms with Crippen LogP contribution in [0, 0.1) is 0 Å². The smallest absolute Gasteiger partial charge is 0.218 e. The van der Waals surface area contributed by atoms with Crippen molar-refractivity contribution in [2.24, 2.45) is 0 Å². The van der Waals surface area contributed by atoms with Gasteiger partial charge in [0.25, 0.3) is 0 Å². The number of rotatable bonds is 2. The molecule has 0 spiro atoms. The third-order valence-corrected chi connectivity index (χ3v) is 3.89. The molecule has 3 aromatic rings. The SMILES string of the molecule is Nc1cn(Cc2cn3ccsc3n2)cc(Br)c1=O. The Bertz CT molecular complexity index is 718. The van der Waals surface area contributed by atoms with Gasteiger partial charge in [-0.3, -0.25) is 9.20 Å². The van der Waals surface area contributed by atoms with E-state index in [1.54, 1.807) is 23.7 Å². The average Bonchev–Trinajstić information content (AvgIpc) is 2.86. The highest BCUT2D eigenvalue weighted by atomic mass is 79.9. The molecule has 2 N–H and O–H groups in total. The van der Waals surface area contributed by atoms with E-state index in [1.165, 1.54) is 0 Å². The van der Waals surface area contributed by atoms with Crippen LogP contribution in [0.4, 0.5) is 5.69 Å². The second kappa shape index (κ2) is 4.25. The minimum atomic E-state index is -0.183. The van der Waals surface area contributed by atoms with Gasteiger partial charge in [0.2, 0.25) is 5.43 Å². The first-order valence-electron chi connectivity index (χ1n) is 5.19. The molecule has 0 bridgehead atoms. The molecule has 0 aromatic carbocycles. The van der Waals surface area contributed by atoms with Crippen LogP contribution in [0.15, 0.2) is 39.4 Å². The van der Waals surface area contributed by atoms with E-state index in [2.05, 4.69) is 20.9 Å². The van der Waals surface area contributed by atoms with Gasteiger partial charge in [-0.05, 0) is 15.9 Å². The van der Waals surface area contributed by atoms with Crippen LogP contribution in [0.2, 0.25) is 0 Å². The number of hydrogen-bond donors (Lipinski definition) is 1. The third-order valence-electron chi connectivity index (χ3n) is 2.55. The standard InChI is InChI=1S/C11H9BrN4OS/c12-8-5-15(6-9(13)10(8)17)3-7-4-16-1-2-18-11(16)14-7/h1-2,4-6H,3,13H2. The zero-order valence-electron chi connectivity index (χ0n) is 9.21. The van der Waals surface area contributed by atoms with Crippen LogP contribution in [-0.4, -0.2) is 14.0 Å². The van der Waals surface area contributed by atoms with Crippen molar-refractivity contribution in [3.05, 3.63) is 50.6 Å². The molecule has 0 aliphatic heterocycles. The van der Waals surface area contributed by atoms with E-state index in [0.29, 0.717) is 11.0 Å². The molecule has 3 rings (SSSR count). The summed E-state index contributed by atoms with van der Waals surface area (Å²) in [4.78, 5) is 16.9. The Morgan fingerprint density at radius 1 is 1.39 bits per heavy atom. The Morgan fingerprint density at radius 3 is 2.94 bits per heavy atom. The van der Waals surface area contributed by atoms with Crippen molar-refractivity contribution in [3.8, 4) is 0 Å². The molecule has 18 heavy (non-hydrogen) atoms. The third kappa shape index (κ3) is 1.95. The molecule has 0 saturated carbocycles. The van der Waals surface area contributed by atoms with Gasteiger partial charge < -0.3 is 10.3 Å². The number of nitrogen functional groups attached to an aromatic ring is 1. The highest BCUT2D eigenvalue weighted by molar-refractivity contribution is 9.10. The lowest BCUT2D eigenvalue weighted by Crippen LogP contribution is -2.13. The first-order valence-corrected chi connectivity index (χ1v) is 6.87. The first kappa shape index (κ1) is 11.5. The van der Waals surface area contributed by atoms with Gasteiger partial charge in [0.15, 0.2) is 4.96 Å². The van der Waals surface area contributed by atoms with E-state index < -0.39 is 0 Å². The summed E-state index contributed by atoms with van der Waals surface area (Å²) in [7, 11) is 0. The molecule has 0 saturated heterocycles. The first-order chi connectivity index (χ1) is 8.63. The van der Waals surface area contributed by atoms with Crippen LogP contribution in [-0.2, 0) is 6.54 Å². The van der Waals surface area contributed by atoms with Crippen molar-refractivity contribution in [3.63, 3.8) is 0 Å². The van der Waals surface area contributed by atoms with Crippen LogP contribution in [0.3, 0.4) is 0 Å². The number of nitrogens with zero attached hydrogens (tertiary/aromatic N) is 3. The van der Waals surface area contributed by atoms with E-state index in [-0.39, 0.29) is 11.1 Å². The summed E-state index contributed by atoms with van der Waals surface area (Å²) >= 11 is 4.79. The Kier molecular flexibility index (Phi) is 2.71. The van der Waals surface area contributed by atoms with Crippen molar-refractivity contribution in [2.45, 2.75) is 6.54 Å². The molecule has 0 radical (unpaired) electrons. The van der Waals surface area contributed by atoms with Crippen LogP contribution in [0.25, 0.3) is 4.96 Å². The summed E-state index contributed by atoms with van der Waals surface area (Å²) in [6.07, 6.45) is 7.27. The van der Waals surface area contributed by atoms with Gasteiger partial charge in [0.1, 0.15) is 0 Å². The molecule has 0 fully saturated rings. The number of halogens is 1. The summed E-state index contributed by atoms with van der Waals surface area (Å²) < 4.78 is 4.28. The van der Waals surface area contributed by atoms with Gasteiger partial charge in [-0.1, -0.05) is 0 Å². The number of hydrogen-bond acceptors (Lipinski definition) is 4. The Morgan fingerprint density at radius 2 is 2.22 bits per heavy atom. The van der Waals surface area contributed by atoms with E-state index in [1.807, 2.05) is 26.7 Å². The monoisotopic (exact) mass is 324 g/mol. The maximum atomic E-state index is 11.5. The molecule has 3 heterocycles. The van der Waals surface area contributed by atoms with Crippen molar-refractivity contribution < 1.29 is 0 Å². The topological polar surface area (TPSA) is 65.3 Å². The fourth-order valence-corrected chi connectivity index (χ4v) is 2.96. The number of aromatic nitrogens is 3. The second-order valence-electron chi connectivity index (χ2n) is 3.89. The summed E-state index contributed by atoms with van der Waals surface area (Å²) in [6.45, 7) is 0.581. The fourth-order valence-electron chi connectivity index (χ4n) is 1.75. The molecular formula is C11H9BrN4OS. The minimum absolute atomic E-state index is 0.183. The number of thiazole rings is 1. The molecule has 5 nitrogen and oxygen atoms in total. The van der Waals surface area contributed by atoms with Gasteiger partial charge in [-0.15, -0.1) is 11.3 Å². The molecule has 0 unspecified atom stereocenters. The molecule has 3 aromatic heterocycles. The predicted molar refractivity (Wildman–Crippen MR) is 75.0 cm³/mol. The van der Waals surface area contributed by atoms with E-state index in [4.69, 9.17) is 5.73 Å². The van der Waals surface area contributed by atoms with Crippen molar-refractivity contribution in [1.82, 2.24) is 14.0 Å². The molecular weight excluding hydrogens is 316 g/mol. The average molecular weight is 325 g/mol. The maximum absolute atomic E-state index is 11.5. The summed E-state index contributed by atoms with van der Waals surface area (Å²) in [5.74, 6) is 0. The zero-order valence-corrected chi connectivity index (χ0v) is 11.6. The van der Waals surface area contributed by atoms with Gasteiger partial charge in [0, 0.05) is 30.2 Å². The zero-order chi connectivity index (χ0) is 12.7. The van der Waals surface area contributed by atoms with E-state index in [9.17, 15) is 4.79 Å². The van der Waals surface area contributed by atoms with E-state index >= 15 is 0 Å². The van der Waals surface area contributed by atoms with Gasteiger partial charge in [0.05, 0.1) is 22.4 Å². The number of imidazole rings is 1. The van der Waals surface area contributed by atoms with Crippen LogP contribution in [0.5, 0.6) is 0 Å². The minimum Gasteiger partial charge on any atom is -0.394 e. The molecule has 0 atom stereocenters. The largest absolute Gasteiger partial charge is 0.394 e. The van der Waals surface area contributed by atoms with Crippen LogP contribution < -0.4 is 11.2 Å². The number of fused-ring (bicyclic) bond motifs is 1. The van der Waals surface area contributed by atoms with Crippen molar-refractivity contribution in [1.29, 1.82) is 0 Å². The lowest BCUT2D eigenvalue weighted by Gasteiger charge is -2.05. The lowest BCUT2D eigenvalue weighted by molar-refractivity contribution is 0.770. The van der Waals surface area contributed by atoms with Crippen LogP contribution >= 0.6 is 27.3 Å². The molecule has 0 aliphatic rings. The Labute approximate surface area is 115 Å². The predicted octanol–water partition coefficient (Wildman–Crippen LogP) is 1.95. The van der Waals surface area contributed by atoms with Crippen LogP contribution in [0.1, 0.15) is 5.69 Å². The normalized spacial score (nSPS) is 11.2. The summed E-state index contributed by atoms with van der Waals surface area (Å²) in [5.41, 5.74) is 6.61. The molecule has 7 heteroatoms. The van der Waals surface area contributed by atoms with E-state index in [0.717, 1.165) is 10.7 Å². The highest BCUT2D eigenvalue weighted by Crippen LogP contribution is 2.13. The van der Waals surface area contributed by atoms with Gasteiger partial charge in [-0.2, -0.15) is 0 Å². The number of anilines is 1. The maximum Gasteiger partial charge on any atom is 0.218 e. The summed E-state index contributed by atoms with van der Waals surface area (Å²) in [6, 6.07) is 0. The second-order valence-corrected chi connectivity index (χ2v) is 5.62. The Balaban J connectivity index is 1.97. The van der Waals surface area contributed by atoms with Gasteiger partial charge in [-0.25, -0.2) is 4.98 Å². The van der Waals surface area contributed by atoms with Gasteiger partial charge >= 0.3 is 0 Å². The molecule has 92 valence electrons. The lowest BCUT2D eigenvalue weighted by atomic mass is 10.4. The van der Waals surface area contributed by atoms with Crippen molar-refractivity contribution in [2.75, 3.05) is 5.73 Å². The highest BCUT2D eigenvalue weighted by Gasteiger charge is 2.06. The quantitative estimate of drug-likeness (QED) is 0.783. The molecule has 0 amide bonds. The summed E-state index contributed by atoms with van der Waals surface area (Å²) in [5, 5.41) is 1.99. The number of pyridine rings is 1. The number of nitrogens with two attached hydrogens (primary N) is 1. The fraction of sp³-hybridized carbons (Fsp3) is 0.0909. The molecule has 0 aliphatic carbocycles.